The highest BCUT2D eigenvalue weighted by Gasteiger charge is 2.19. The molecule has 4 nitrogen and oxygen atoms in total. The Kier molecular flexibility index (Phi) is 1.09. The van der Waals surface area contributed by atoms with E-state index in [1.54, 1.807) is 18.3 Å². The average molecular weight is 150 g/mol. The quantitative estimate of drug-likeness (QED) is 0.571. The van der Waals surface area contributed by atoms with Gasteiger partial charge in [-0.25, -0.2) is 4.79 Å². The van der Waals surface area contributed by atoms with Crippen LogP contribution in [0.5, 0.6) is 0 Å². The summed E-state index contributed by atoms with van der Waals surface area (Å²) in [6.07, 6.45) is 1.93. The molecule has 0 aromatic carbocycles. The second-order valence-corrected chi connectivity index (χ2v) is 2.40. The Morgan fingerprint density at radius 3 is 3.09 bits per heavy atom. The van der Waals surface area contributed by atoms with Gasteiger partial charge in [0.25, 0.3) is 0 Å². The highest BCUT2D eigenvalue weighted by molar-refractivity contribution is 5.99. The van der Waals surface area contributed by atoms with Gasteiger partial charge in [0, 0.05) is 11.9 Å². The van der Waals surface area contributed by atoms with Crippen LogP contribution in [0.2, 0.25) is 0 Å². The van der Waals surface area contributed by atoms with E-state index < -0.39 is 0 Å². The van der Waals surface area contributed by atoms with Crippen molar-refractivity contribution in [2.75, 3.05) is 0 Å². The zero-order chi connectivity index (χ0) is 7.84. The van der Waals surface area contributed by atoms with Crippen molar-refractivity contribution in [2.24, 2.45) is 0 Å². The molecule has 2 heterocycles. The van der Waals surface area contributed by atoms with Crippen molar-refractivity contribution in [3.8, 4) is 0 Å². The van der Waals surface area contributed by atoms with Gasteiger partial charge in [-0.3, -0.25) is 14.7 Å². The third-order valence-corrected chi connectivity index (χ3v) is 1.64. The highest BCUT2D eigenvalue weighted by atomic mass is 16.2. The maximum absolute atomic E-state index is 11.0. The van der Waals surface area contributed by atoms with Gasteiger partial charge in [-0.2, -0.15) is 0 Å². The number of imide groups is 1. The van der Waals surface area contributed by atoms with E-state index in [0.29, 0.717) is 6.42 Å². The van der Waals surface area contributed by atoms with E-state index in [0.717, 1.165) is 5.69 Å². The lowest BCUT2D eigenvalue weighted by atomic mass is 10.3. The second kappa shape index (κ2) is 1.95. The summed E-state index contributed by atoms with van der Waals surface area (Å²) in [5.74, 6) is -0.235. The Morgan fingerprint density at radius 1 is 1.45 bits per heavy atom. The maximum atomic E-state index is 11.0. The number of carbonyl (C=O) groups is 2. The first kappa shape index (κ1) is 6.15. The van der Waals surface area contributed by atoms with Gasteiger partial charge in [0.1, 0.15) is 0 Å². The fourth-order valence-electron chi connectivity index (χ4n) is 1.15. The van der Waals surface area contributed by atoms with Gasteiger partial charge in [0.15, 0.2) is 0 Å². The monoisotopic (exact) mass is 150 g/mol. The fraction of sp³-hybridized carbons (Fsp3) is 0.143. The Morgan fingerprint density at radius 2 is 2.27 bits per heavy atom. The van der Waals surface area contributed by atoms with Crippen LogP contribution >= 0.6 is 0 Å². The first-order valence-electron chi connectivity index (χ1n) is 3.28. The summed E-state index contributed by atoms with van der Waals surface area (Å²) in [5.41, 5.74) is 0.749. The Hall–Kier alpha value is -1.58. The Balaban J connectivity index is 2.52. The van der Waals surface area contributed by atoms with Crippen molar-refractivity contribution in [1.82, 2.24) is 9.88 Å². The molecule has 1 N–H and O–H groups in total. The first-order valence-corrected chi connectivity index (χ1v) is 3.28. The van der Waals surface area contributed by atoms with E-state index in [1.807, 2.05) is 0 Å². The topological polar surface area (TPSA) is 51.1 Å². The smallest absolute Gasteiger partial charge is 0.277 e. The Labute approximate surface area is 62.8 Å². The largest absolute Gasteiger partial charge is 0.332 e. The molecule has 1 aliphatic heterocycles. The number of hydrogen-bond donors (Lipinski definition) is 1. The second-order valence-electron chi connectivity index (χ2n) is 2.40. The maximum Gasteiger partial charge on any atom is 0.332 e. The van der Waals surface area contributed by atoms with Gasteiger partial charge < -0.3 is 0 Å². The molecule has 0 saturated carbocycles. The fourth-order valence-corrected chi connectivity index (χ4v) is 1.15. The van der Waals surface area contributed by atoms with E-state index in [9.17, 15) is 9.59 Å². The highest BCUT2D eigenvalue weighted by Crippen LogP contribution is 2.06. The molecule has 0 aliphatic carbocycles. The molecule has 11 heavy (non-hydrogen) atoms. The molecule has 0 bridgehead atoms. The summed E-state index contributed by atoms with van der Waals surface area (Å²) >= 11 is 0. The van der Waals surface area contributed by atoms with Gasteiger partial charge in [0.05, 0.1) is 6.42 Å². The number of aromatic nitrogens is 1. The number of rotatable bonds is 0. The van der Waals surface area contributed by atoms with Gasteiger partial charge in [-0.05, 0) is 12.1 Å². The molecule has 56 valence electrons. The van der Waals surface area contributed by atoms with Crippen molar-refractivity contribution in [3.63, 3.8) is 0 Å². The summed E-state index contributed by atoms with van der Waals surface area (Å²) in [7, 11) is 0. The molecule has 0 unspecified atom stereocenters. The lowest BCUT2D eigenvalue weighted by molar-refractivity contribution is -0.119. The van der Waals surface area contributed by atoms with Crippen LogP contribution in [0.15, 0.2) is 18.3 Å². The molecular weight excluding hydrogens is 144 g/mol. The number of nitrogens with one attached hydrogen (secondary N) is 1. The molecule has 0 radical (unpaired) electrons. The Bertz CT molecular complexity index is 327. The number of nitrogens with zero attached hydrogens (tertiary/aromatic N) is 1. The minimum Gasteiger partial charge on any atom is -0.277 e. The van der Waals surface area contributed by atoms with Crippen molar-refractivity contribution in [2.45, 2.75) is 6.42 Å². The summed E-state index contributed by atoms with van der Waals surface area (Å²) in [6.45, 7) is 0. The third kappa shape index (κ3) is 0.832. The van der Waals surface area contributed by atoms with Crippen LogP contribution in [-0.4, -0.2) is 16.5 Å². The van der Waals surface area contributed by atoms with Crippen LogP contribution in [-0.2, 0) is 11.2 Å². The van der Waals surface area contributed by atoms with Gasteiger partial charge in [-0.15, -0.1) is 0 Å². The summed E-state index contributed by atoms with van der Waals surface area (Å²) in [4.78, 5) is 21.8. The van der Waals surface area contributed by atoms with Gasteiger partial charge in [0.2, 0.25) is 5.91 Å². The predicted octanol–water partition coefficient (Wildman–Crippen LogP) is 0.128. The molecule has 1 aromatic heterocycles. The molecule has 0 atom stereocenters. The van der Waals surface area contributed by atoms with Crippen LogP contribution in [0.25, 0.3) is 0 Å². The molecule has 0 saturated heterocycles. The molecule has 0 spiro atoms. The van der Waals surface area contributed by atoms with E-state index in [2.05, 4.69) is 5.32 Å². The molecule has 1 aromatic rings. The van der Waals surface area contributed by atoms with E-state index in [-0.39, 0.29) is 11.9 Å². The number of amides is 2. The molecule has 4 heteroatoms. The molecular formula is C7H6N2O2. The van der Waals surface area contributed by atoms with Crippen LogP contribution in [0, 0.1) is 0 Å². The van der Waals surface area contributed by atoms with Crippen molar-refractivity contribution < 1.29 is 9.59 Å². The lowest BCUT2D eigenvalue weighted by Crippen LogP contribution is -2.40. The van der Waals surface area contributed by atoms with Crippen molar-refractivity contribution in [3.05, 3.63) is 24.0 Å². The minimum absolute atomic E-state index is 0.235. The zero-order valence-corrected chi connectivity index (χ0v) is 5.70. The normalized spacial score (nSPS) is 16.0. The van der Waals surface area contributed by atoms with Crippen LogP contribution in [0.4, 0.5) is 4.79 Å². The third-order valence-electron chi connectivity index (χ3n) is 1.64. The average Bonchev–Trinajstić information content (AvgIpc) is 2.34. The first-order chi connectivity index (χ1) is 5.27. The minimum atomic E-state index is -0.360. The molecule has 0 fully saturated rings. The zero-order valence-electron chi connectivity index (χ0n) is 5.70. The van der Waals surface area contributed by atoms with Crippen LogP contribution < -0.4 is 5.32 Å². The summed E-state index contributed by atoms with van der Waals surface area (Å²) < 4.78 is 1.43. The molecule has 1 aliphatic rings. The van der Waals surface area contributed by atoms with E-state index in [1.165, 1.54) is 4.57 Å². The predicted molar refractivity (Wildman–Crippen MR) is 37.1 cm³/mol. The van der Waals surface area contributed by atoms with E-state index in [4.69, 9.17) is 0 Å². The van der Waals surface area contributed by atoms with Crippen molar-refractivity contribution >= 4 is 11.9 Å². The SMILES string of the molecule is O=C1Cc2cccn2C(=O)N1. The number of hydrogen-bond acceptors (Lipinski definition) is 2. The number of fused-ring (bicyclic) bond motifs is 1. The van der Waals surface area contributed by atoms with Crippen LogP contribution in [0.1, 0.15) is 5.69 Å². The van der Waals surface area contributed by atoms with Gasteiger partial charge in [-0.1, -0.05) is 0 Å². The molecule has 2 amide bonds. The summed E-state index contributed by atoms with van der Waals surface area (Å²) in [5, 5.41) is 2.21. The standard InChI is InChI=1S/C7H6N2O2/c10-6-4-5-2-1-3-9(5)7(11)8-6/h1-3H,4H2,(H,8,10,11). The molecule has 2 rings (SSSR count). The van der Waals surface area contributed by atoms with E-state index >= 15 is 0 Å². The van der Waals surface area contributed by atoms with Crippen LogP contribution in [0.3, 0.4) is 0 Å². The van der Waals surface area contributed by atoms with Gasteiger partial charge >= 0.3 is 6.03 Å². The number of carbonyl (C=O) groups excluding carboxylic acids is 2. The lowest BCUT2D eigenvalue weighted by Gasteiger charge is -2.13. The van der Waals surface area contributed by atoms with Crippen molar-refractivity contribution in [1.29, 1.82) is 0 Å². The summed E-state index contributed by atoms with van der Waals surface area (Å²) in [6, 6.07) is 3.14.